The average molecular weight is 448 g/mol. The van der Waals surface area contributed by atoms with Crippen LogP contribution in [0.4, 0.5) is 5.69 Å². The van der Waals surface area contributed by atoms with Gasteiger partial charge in [0.25, 0.3) is 0 Å². The molecule has 2 amide bonds. The topological polar surface area (TPSA) is 138 Å². The number of nitrogens with zero attached hydrogens (tertiary/aromatic N) is 3. The maximum absolute atomic E-state index is 12.6. The molecule has 2 rings (SSSR count). The Labute approximate surface area is 188 Å². The van der Waals surface area contributed by atoms with Gasteiger partial charge in [0.2, 0.25) is 11.8 Å². The molecule has 176 valence electrons. The average Bonchev–Trinajstić information content (AvgIpc) is 2.74. The third-order valence-electron chi connectivity index (χ3n) is 5.13. The van der Waals surface area contributed by atoms with Crippen LogP contribution in [0.1, 0.15) is 39.2 Å². The normalized spacial score (nSPS) is 15.6. The second-order valence-electron chi connectivity index (χ2n) is 8.17. The smallest absolute Gasteiger partial charge is 0.307 e. The Hall–Kier alpha value is -3.30. The molecule has 0 saturated carbocycles. The van der Waals surface area contributed by atoms with E-state index in [4.69, 9.17) is 15.7 Å². The van der Waals surface area contributed by atoms with E-state index in [0.29, 0.717) is 37.6 Å². The Morgan fingerprint density at radius 1 is 1.25 bits per heavy atom. The Morgan fingerprint density at radius 2 is 1.94 bits per heavy atom. The molecule has 1 atom stereocenters. The zero-order chi connectivity index (χ0) is 23.7. The second kappa shape index (κ2) is 11.9. The van der Waals surface area contributed by atoms with Crippen LogP contribution in [0.3, 0.4) is 0 Å². The van der Waals surface area contributed by atoms with Crippen LogP contribution < -0.4 is 16.0 Å². The Kier molecular flexibility index (Phi) is 9.30. The number of piperazine rings is 1. The van der Waals surface area contributed by atoms with E-state index in [2.05, 4.69) is 10.5 Å². The van der Waals surface area contributed by atoms with E-state index in [1.54, 1.807) is 31.2 Å². The quantitative estimate of drug-likeness (QED) is 0.159. The molecule has 1 aromatic rings. The van der Waals surface area contributed by atoms with Crippen molar-refractivity contribution in [2.24, 2.45) is 16.8 Å². The molecule has 0 spiro atoms. The van der Waals surface area contributed by atoms with Gasteiger partial charge in [-0.3, -0.25) is 14.4 Å². The predicted octanol–water partition coefficient (Wildman–Crippen LogP) is 0.914. The maximum Gasteiger partial charge on any atom is 0.307 e. The van der Waals surface area contributed by atoms with Crippen LogP contribution in [0.5, 0.6) is 0 Å². The Morgan fingerprint density at radius 3 is 2.50 bits per heavy atom. The fourth-order valence-electron chi connectivity index (χ4n) is 3.63. The fourth-order valence-corrected chi connectivity index (χ4v) is 3.63. The standard InChI is InChI=1S/C22H33N5O5/c1-4-32-21(30)12-17(11-15(2)3)24-19(28)13-27-10-9-26(14-20(27)29)18-7-5-16(6-8-18)22(23)25-31/h5-8,15,17,31H,4,9-14H2,1-3H3,(H2,23,25)(H,24,28). The Bertz CT molecular complexity index is 825. The Balaban J connectivity index is 1.90. The lowest BCUT2D eigenvalue weighted by atomic mass is 10.0. The minimum Gasteiger partial charge on any atom is -0.466 e. The van der Waals surface area contributed by atoms with Gasteiger partial charge in [-0.05, 0) is 43.5 Å². The van der Waals surface area contributed by atoms with Crippen LogP contribution in [0, 0.1) is 5.92 Å². The first-order valence-corrected chi connectivity index (χ1v) is 10.8. The largest absolute Gasteiger partial charge is 0.466 e. The molecule has 4 N–H and O–H groups in total. The van der Waals surface area contributed by atoms with E-state index in [0.717, 1.165) is 5.69 Å². The SMILES string of the molecule is CCOC(=O)CC(CC(C)C)NC(=O)CN1CCN(c2ccc(/C(N)=N/O)cc2)CC1=O. The molecule has 10 nitrogen and oxygen atoms in total. The number of amides is 2. The number of hydrogen-bond acceptors (Lipinski definition) is 7. The number of ether oxygens (including phenoxy) is 1. The van der Waals surface area contributed by atoms with Gasteiger partial charge in [-0.15, -0.1) is 0 Å². The molecule has 0 aromatic heterocycles. The van der Waals surface area contributed by atoms with Crippen LogP contribution in [0.15, 0.2) is 29.4 Å². The summed E-state index contributed by atoms with van der Waals surface area (Å²) in [5.74, 6) is -0.476. The van der Waals surface area contributed by atoms with Gasteiger partial charge in [-0.1, -0.05) is 19.0 Å². The number of amidine groups is 1. The first-order chi connectivity index (χ1) is 15.2. The second-order valence-corrected chi connectivity index (χ2v) is 8.17. The molecular formula is C22H33N5O5. The number of benzene rings is 1. The highest BCUT2D eigenvalue weighted by molar-refractivity contribution is 5.97. The van der Waals surface area contributed by atoms with Crippen LogP contribution >= 0.6 is 0 Å². The third kappa shape index (κ3) is 7.44. The van der Waals surface area contributed by atoms with Crippen molar-refractivity contribution in [3.05, 3.63) is 29.8 Å². The van der Waals surface area contributed by atoms with Crippen molar-refractivity contribution in [2.75, 3.05) is 37.7 Å². The summed E-state index contributed by atoms with van der Waals surface area (Å²) in [4.78, 5) is 40.4. The third-order valence-corrected chi connectivity index (χ3v) is 5.13. The van der Waals surface area contributed by atoms with Crippen LogP contribution in [0.2, 0.25) is 0 Å². The first kappa shape index (κ1) is 25.0. The summed E-state index contributed by atoms with van der Waals surface area (Å²) in [6.07, 6.45) is 0.759. The number of anilines is 1. The molecule has 0 radical (unpaired) electrons. The van der Waals surface area contributed by atoms with Gasteiger partial charge < -0.3 is 30.8 Å². The molecule has 1 aliphatic rings. The number of carbonyl (C=O) groups is 3. The number of nitrogens with two attached hydrogens (primary N) is 1. The zero-order valence-electron chi connectivity index (χ0n) is 18.9. The molecule has 1 aliphatic heterocycles. The number of carbonyl (C=O) groups excluding carboxylic acids is 3. The van der Waals surface area contributed by atoms with Crippen molar-refractivity contribution in [1.29, 1.82) is 0 Å². The first-order valence-electron chi connectivity index (χ1n) is 10.8. The summed E-state index contributed by atoms with van der Waals surface area (Å²) in [6, 6.07) is 6.70. The molecule has 1 aromatic carbocycles. The van der Waals surface area contributed by atoms with Crippen LogP contribution in [0.25, 0.3) is 0 Å². The zero-order valence-corrected chi connectivity index (χ0v) is 18.9. The number of oxime groups is 1. The number of nitrogens with one attached hydrogen (secondary N) is 1. The number of esters is 1. The maximum atomic E-state index is 12.6. The summed E-state index contributed by atoms with van der Waals surface area (Å²) in [5.41, 5.74) is 6.99. The van der Waals surface area contributed by atoms with Crippen molar-refractivity contribution in [1.82, 2.24) is 10.2 Å². The van der Waals surface area contributed by atoms with Gasteiger partial charge in [-0.25, -0.2) is 0 Å². The molecular weight excluding hydrogens is 414 g/mol. The molecule has 0 bridgehead atoms. The molecule has 1 heterocycles. The van der Waals surface area contributed by atoms with E-state index in [1.807, 2.05) is 18.7 Å². The summed E-state index contributed by atoms with van der Waals surface area (Å²) in [5, 5.41) is 14.6. The summed E-state index contributed by atoms with van der Waals surface area (Å²) in [7, 11) is 0. The van der Waals surface area contributed by atoms with Crippen molar-refractivity contribution in [2.45, 2.75) is 39.7 Å². The highest BCUT2D eigenvalue weighted by Crippen LogP contribution is 2.18. The molecule has 1 unspecified atom stereocenters. The van der Waals surface area contributed by atoms with Crippen LogP contribution in [-0.4, -0.2) is 72.6 Å². The van der Waals surface area contributed by atoms with Gasteiger partial charge in [0.1, 0.15) is 0 Å². The lowest BCUT2D eigenvalue weighted by Crippen LogP contribution is -2.54. The number of rotatable bonds is 10. The van der Waals surface area contributed by atoms with E-state index < -0.39 is 0 Å². The van der Waals surface area contributed by atoms with Gasteiger partial charge >= 0.3 is 5.97 Å². The van der Waals surface area contributed by atoms with E-state index >= 15 is 0 Å². The summed E-state index contributed by atoms with van der Waals surface area (Å²) < 4.78 is 5.00. The lowest BCUT2D eigenvalue weighted by molar-refractivity contribution is -0.144. The molecule has 1 saturated heterocycles. The highest BCUT2D eigenvalue weighted by Gasteiger charge is 2.27. The summed E-state index contributed by atoms with van der Waals surface area (Å²) >= 11 is 0. The highest BCUT2D eigenvalue weighted by atomic mass is 16.5. The minimum atomic E-state index is -0.346. The van der Waals surface area contributed by atoms with E-state index in [-0.39, 0.29) is 49.2 Å². The van der Waals surface area contributed by atoms with Crippen molar-refractivity contribution >= 4 is 29.3 Å². The van der Waals surface area contributed by atoms with Crippen molar-refractivity contribution in [3.8, 4) is 0 Å². The van der Waals surface area contributed by atoms with Crippen molar-refractivity contribution < 1.29 is 24.3 Å². The van der Waals surface area contributed by atoms with E-state index in [1.165, 1.54) is 4.90 Å². The lowest BCUT2D eigenvalue weighted by Gasteiger charge is -2.35. The van der Waals surface area contributed by atoms with E-state index in [9.17, 15) is 14.4 Å². The molecule has 1 fully saturated rings. The minimum absolute atomic E-state index is 0.0159. The molecule has 0 aliphatic carbocycles. The molecule has 10 heteroatoms. The van der Waals surface area contributed by atoms with Crippen LogP contribution in [-0.2, 0) is 19.1 Å². The summed E-state index contributed by atoms with van der Waals surface area (Å²) in [6.45, 7) is 7.15. The van der Waals surface area contributed by atoms with Gasteiger partial charge in [-0.2, -0.15) is 0 Å². The predicted molar refractivity (Wildman–Crippen MR) is 120 cm³/mol. The van der Waals surface area contributed by atoms with Gasteiger partial charge in [0.05, 0.1) is 26.1 Å². The van der Waals surface area contributed by atoms with Gasteiger partial charge in [0.15, 0.2) is 5.84 Å². The fraction of sp³-hybridized carbons (Fsp3) is 0.545. The number of hydrogen-bond donors (Lipinski definition) is 3. The molecule has 32 heavy (non-hydrogen) atoms. The van der Waals surface area contributed by atoms with Gasteiger partial charge in [0, 0.05) is 30.4 Å². The van der Waals surface area contributed by atoms with Crippen molar-refractivity contribution in [3.63, 3.8) is 0 Å². The monoisotopic (exact) mass is 447 g/mol.